The van der Waals surface area contributed by atoms with E-state index in [-0.39, 0.29) is 6.04 Å². The van der Waals surface area contributed by atoms with Crippen molar-refractivity contribution in [3.8, 4) is 0 Å². The van der Waals surface area contributed by atoms with E-state index in [4.69, 9.17) is 4.52 Å². The topological polar surface area (TPSA) is 68.8 Å². The molecule has 0 spiro atoms. The fourth-order valence-corrected chi connectivity index (χ4v) is 2.60. The van der Waals surface area contributed by atoms with Gasteiger partial charge in [-0.3, -0.25) is 0 Å². The van der Waals surface area contributed by atoms with Crippen LogP contribution in [0.15, 0.2) is 16.9 Å². The van der Waals surface area contributed by atoms with Gasteiger partial charge in [0.25, 0.3) is 0 Å². The summed E-state index contributed by atoms with van der Waals surface area (Å²) in [6, 6.07) is 0.0755. The lowest BCUT2D eigenvalue weighted by atomic mass is 9.98. The van der Waals surface area contributed by atoms with Crippen molar-refractivity contribution in [2.45, 2.75) is 45.2 Å². The summed E-state index contributed by atoms with van der Waals surface area (Å²) in [5.74, 6) is 2.98. The summed E-state index contributed by atoms with van der Waals surface area (Å²) in [7, 11) is 0. The number of hydrogen-bond donors (Lipinski definition) is 1. The standard InChI is InChI=1S/C13H19N5O/c1-9(13-16-10(2)17-19-13)15-8-11-4-3-6-18-7-5-14-12(11)18/h5,7,9,11,15H,3-4,6,8H2,1-2H3/t9-,11-/m0/s1. The Labute approximate surface area is 112 Å². The molecule has 2 atom stereocenters. The van der Waals surface area contributed by atoms with Crippen LogP contribution in [0.1, 0.15) is 49.3 Å². The smallest absolute Gasteiger partial charge is 0.243 e. The lowest BCUT2D eigenvalue weighted by Crippen LogP contribution is -2.28. The van der Waals surface area contributed by atoms with Crippen molar-refractivity contribution in [1.82, 2.24) is 25.0 Å². The third-order valence-corrected chi connectivity index (χ3v) is 3.65. The van der Waals surface area contributed by atoms with E-state index < -0.39 is 0 Å². The van der Waals surface area contributed by atoms with Gasteiger partial charge in [-0.05, 0) is 26.7 Å². The van der Waals surface area contributed by atoms with Crippen LogP contribution in [0.2, 0.25) is 0 Å². The molecule has 3 heterocycles. The van der Waals surface area contributed by atoms with Gasteiger partial charge in [0.15, 0.2) is 5.82 Å². The highest BCUT2D eigenvalue weighted by Crippen LogP contribution is 2.25. The van der Waals surface area contributed by atoms with Gasteiger partial charge in [0.05, 0.1) is 6.04 Å². The second-order valence-electron chi connectivity index (χ2n) is 5.13. The Hall–Kier alpha value is -1.69. The van der Waals surface area contributed by atoms with E-state index in [0.717, 1.165) is 13.1 Å². The summed E-state index contributed by atoms with van der Waals surface area (Å²) in [6.07, 6.45) is 6.34. The zero-order chi connectivity index (χ0) is 13.2. The third kappa shape index (κ3) is 2.53. The first-order valence-electron chi connectivity index (χ1n) is 6.78. The van der Waals surface area contributed by atoms with Crippen LogP contribution in [0, 0.1) is 6.92 Å². The molecule has 19 heavy (non-hydrogen) atoms. The van der Waals surface area contributed by atoms with E-state index in [1.165, 1.54) is 18.7 Å². The lowest BCUT2D eigenvalue weighted by molar-refractivity contribution is 0.326. The predicted molar refractivity (Wildman–Crippen MR) is 69.7 cm³/mol. The maximum absolute atomic E-state index is 5.18. The van der Waals surface area contributed by atoms with E-state index in [9.17, 15) is 0 Å². The monoisotopic (exact) mass is 261 g/mol. The molecule has 3 rings (SSSR count). The number of aryl methyl sites for hydroxylation is 2. The Morgan fingerprint density at radius 1 is 1.58 bits per heavy atom. The van der Waals surface area contributed by atoms with Crippen LogP contribution in [-0.4, -0.2) is 26.2 Å². The van der Waals surface area contributed by atoms with Gasteiger partial charge in [0.2, 0.25) is 5.89 Å². The van der Waals surface area contributed by atoms with Crippen LogP contribution in [0.25, 0.3) is 0 Å². The minimum Gasteiger partial charge on any atom is -0.338 e. The maximum Gasteiger partial charge on any atom is 0.243 e. The quantitative estimate of drug-likeness (QED) is 0.909. The second kappa shape index (κ2) is 5.13. The molecule has 0 amide bonds. The molecule has 0 saturated heterocycles. The van der Waals surface area contributed by atoms with E-state index in [1.807, 2.05) is 20.0 Å². The minimum absolute atomic E-state index is 0.0755. The van der Waals surface area contributed by atoms with Crippen molar-refractivity contribution in [2.75, 3.05) is 6.54 Å². The Kier molecular flexibility index (Phi) is 3.33. The number of nitrogens with one attached hydrogen (secondary N) is 1. The Balaban J connectivity index is 1.62. The number of imidazole rings is 1. The first-order valence-corrected chi connectivity index (χ1v) is 6.78. The molecule has 1 N–H and O–H groups in total. The molecule has 1 aliphatic heterocycles. The average molecular weight is 261 g/mol. The van der Waals surface area contributed by atoms with Gasteiger partial charge in [-0.1, -0.05) is 5.16 Å². The van der Waals surface area contributed by atoms with Gasteiger partial charge in [-0.15, -0.1) is 0 Å². The summed E-state index contributed by atoms with van der Waals surface area (Å²) in [4.78, 5) is 8.71. The van der Waals surface area contributed by atoms with Gasteiger partial charge in [0, 0.05) is 31.4 Å². The molecule has 6 nitrogen and oxygen atoms in total. The molecule has 0 unspecified atom stereocenters. The van der Waals surface area contributed by atoms with Crippen LogP contribution in [0.3, 0.4) is 0 Å². The van der Waals surface area contributed by atoms with Crippen molar-refractivity contribution >= 4 is 0 Å². The van der Waals surface area contributed by atoms with Crippen molar-refractivity contribution in [2.24, 2.45) is 0 Å². The van der Waals surface area contributed by atoms with Crippen molar-refractivity contribution in [3.63, 3.8) is 0 Å². The Bertz CT molecular complexity index is 547. The molecule has 0 radical (unpaired) electrons. The SMILES string of the molecule is Cc1noc([C@H](C)NC[C@@H]2CCCn3ccnc32)n1. The third-order valence-electron chi connectivity index (χ3n) is 3.65. The Morgan fingerprint density at radius 3 is 3.26 bits per heavy atom. The van der Waals surface area contributed by atoms with Crippen molar-refractivity contribution in [1.29, 1.82) is 0 Å². The molecule has 0 bridgehead atoms. The zero-order valence-corrected chi connectivity index (χ0v) is 11.3. The van der Waals surface area contributed by atoms with Crippen LogP contribution in [0.5, 0.6) is 0 Å². The molecule has 2 aromatic rings. The van der Waals surface area contributed by atoms with Gasteiger partial charge in [-0.2, -0.15) is 4.98 Å². The van der Waals surface area contributed by atoms with Crippen molar-refractivity contribution in [3.05, 3.63) is 29.9 Å². The molecular formula is C13H19N5O. The molecule has 2 aromatic heterocycles. The highest BCUT2D eigenvalue weighted by molar-refractivity contribution is 5.04. The first kappa shape index (κ1) is 12.3. The summed E-state index contributed by atoms with van der Waals surface area (Å²) in [5.41, 5.74) is 0. The van der Waals surface area contributed by atoms with Crippen LogP contribution >= 0.6 is 0 Å². The van der Waals surface area contributed by atoms with Crippen LogP contribution < -0.4 is 5.32 Å². The predicted octanol–water partition coefficient (Wildman–Crippen LogP) is 1.80. The van der Waals surface area contributed by atoms with Crippen LogP contribution in [0.4, 0.5) is 0 Å². The molecule has 0 fully saturated rings. The number of aromatic nitrogens is 4. The summed E-state index contributed by atoms with van der Waals surface area (Å²) < 4.78 is 7.42. The summed E-state index contributed by atoms with van der Waals surface area (Å²) >= 11 is 0. The molecule has 1 aliphatic rings. The molecule has 0 saturated carbocycles. The largest absolute Gasteiger partial charge is 0.338 e. The number of rotatable bonds is 4. The first-order chi connectivity index (χ1) is 9.24. The molecule has 0 aromatic carbocycles. The second-order valence-corrected chi connectivity index (χ2v) is 5.13. The lowest BCUT2D eigenvalue weighted by Gasteiger charge is -2.24. The normalized spacial score (nSPS) is 20.2. The highest BCUT2D eigenvalue weighted by atomic mass is 16.5. The van der Waals surface area contributed by atoms with Gasteiger partial charge in [-0.25, -0.2) is 4.98 Å². The number of fused-ring (bicyclic) bond motifs is 1. The molecule has 102 valence electrons. The number of nitrogens with zero attached hydrogens (tertiary/aromatic N) is 4. The average Bonchev–Trinajstić information content (AvgIpc) is 3.04. The van der Waals surface area contributed by atoms with E-state index in [1.54, 1.807) is 0 Å². The van der Waals surface area contributed by atoms with E-state index >= 15 is 0 Å². The molecule has 0 aliphatic carbocycles. The van der Waals surface area contributed by atoms with E-state index in [0.29, 0.717) is 17.6 Å². The van der Waals surface area contributed by atoms with Crippen LogP contribution in [-0.2, 0) is 6.54 Å². The maximum atomic E-state index is 5.18. The van der Waals surface area contributed by atoms with E-state index in [2.05, 4.69) is 31.2 Å². The van der Waals surface area contributed by atoms with Gasteiger partial charge >= 0.3 is 0 Å². The fourth-order valence-electron chi connectivity index (χ4n) is 2.60. The number of hydrogen-bond acceptors (Lipinski definition) is 5. The fraction of sp³-hybridized carbons (Fsp3) is 0.615. The molecular weight excluding hydrogens is 242 g/mol. The Morgan fingerprint density at radius 2 is 2.47 bits per heavy atom. The highest BCUT2D eigenvalue weighted by Gasteiger charge is 2.22. The molecule has 6 heteroatoms. The summed E-state index contributed by atoms with van der Waals surface area (Å²) in [6.45, 7) is 5.85. The van der Waals surface area contributed by atoms with Gasteiger partial charge in [0.1, 0.15) is 5.82 Å². The minimum atomic E-state index is 0.0755. The zero-order valence-electron chi connectivity index (χ0n) is 11.3. The van der Waals surface area contributed by atoms with Crippen molar-refractivity contribution < 1.29 is 4.52 Å². The van der Waals surface area contributed by atoms with Gasteiger partial charge < -0.3 is 14.4 Å². The summed E-state index contributed by atoms with van der Waals surface area (Å²) in [5, 5.41) is 7.28.